The van der Waals surface area contributed by atoms with Gasteiger partial charge < -0.3 is 15.5 Å². The van der Waals surface area contributed by atoms with Crippen molar-refractivity contribution < 1.29 is 9.59 Å². The van der Waals surface area contributed by atoms with Gasteiger partial charge in [0.2, 0.25) is 5.91 Å². The number of carbonyl (C=O) groups is 2. The smallest absolute Gasteiger partial charge is 0.223 e. The van der Waals surface area contributed by atoms with Crippen LogP contribution in [0.3, 0.4) is 0 Å². The predicted molar refractivity (Wildman–Crippen MR) is 129 cm³/mol. The zero-order valence-corrected chi connectivity index (χ0v) is 21.4. The lowest BCUT2D eigenvalue weighted by atomic mass is 9.75. The van der Waals surface area contributed by atoms with Crippen molar-refractivity contribution in [2.45, 2.75) is 78.1 Å². The summed E-state index contributed by atoms with van der Waals surface area (Å²) in [5, 5.41) is 6.60. The van der Waals surface area contributed by atoms with Crippen LogP contribution >= 0.6 is 11.6 Å². The Morgan fingerprint density at radius 1 is 1.16 bits per heavy atom. The first-order valence-electron chi connectivity index (χ1n) is 12.4. The number of hydrogen-bond donors (Lipinski definition) is 2. The van der Waals surface area contributed by atoms with Gasteiger partial charge >= 0.3 is 0 Å². The lowest BCUT2D eigenvalue weighted by Gasteiger charge is -2.43. The maximum atomic E-state index is 13.2. The van der Waals surface area contributed by atoms with Gasteiger partial charge in [-0.1, -0.05) is 27.7 Å². The maximum Gasteiger partial charge on any atom is 0.223 e. The Bertz CT molecular complexity index is 579. The predicted octanol–water partition coefficient (Wildman–Crippen LogP) is 3.94. The largest absolute Gasteiger partial charge is 0.355 e. The minimum atomic E-state index is -0.115. The lowest BCUT2D eigenvalue weighted by Crippen LogP contribution is -2.51. The SMILES string of the molecule is CC(=O)C(CNC(=O)C1CC(Cl)CC(N(C)CC2CCNCC2)C1C)C(C)CC(C)C. The van der Waals surface area contributed by atoms with E-state index in [0.29, 0.717) is 18.5 Å². The Balaban J connectivity index is 1.96. The summed E-state index contributed by atoms with van der Waals surface area (Å²) < 4.78 is 0. The molecule has 6 unspecified atom stereocenters. The van der Waals surface area contributed by atoms with Gasteiger partial charge in [-0.25, -0.2) is 0 Å². The number of carbonyl (C=O) groups excluding carboxylic acids is 2. The highest BCUT2D eigenvalue weighted by atomic mass is 35.5. The van der Waals surface area contributed by atoms with Crippen molar-refractivity contribution in [1.82, 2.24) is 15.5 Å². The van der Waals surface area contributed by atoms with E-state index < -0.39 is 0 Å². The number of piperidine rings is 1. The number of rotatable bonds is 10. The molecule has 1 aliphatic heterocycles. The molecule has 180 valence electrons. The molecule has 1 heterocycles. The van der Waals surface area contributed by atoms with Gasteiger partial charge in [-0.15, -0.1) is 11.6 Å². The van der Waals surface area contributed by atoms with E-state index in [2.05, 4.69) is 50.3 Å². The molecule has 6 heteroatoms. The van der Waals surface area contributed by atoms with E-state index in [-0.39, 0.29) is 40.7 Å². The highest BCUT2D eigenvalue weighted by Crippen LogP contribution is 2.36. The molecule has 0 bridgehead atoms. The molecule has 0 aromatic rings. The van der Waals surface area contributed by atoms with E-state index in [1.807, 2.05) is 0 Å². The van der Waals surface area contributed by atoms with Crippen LogP contribution < -0.4 is 10.6 Å². The Morgan fingerprint density at radius 2 is 1.81 bits per heavy atom. The van der Waals surface area contributed by atoms with Crippen molar-refractivity contribution >= 4 is 23.3 Å². The average Bonchev–Trinajstić information content (AvgIpc) is 2.69. The third-order valence-corrected chi connectivity index (χ3v) is 8.06. The zero-order chi connectivity index (χ0) is 23.1. The standard InChI is InChI=1S/C25H46ClN3O2/c1-16(2)11-17(3)23(19(5)30)14-28-25(31)22-12-21(26)13-24(18(22)4)29(6)15-20-7-9-27-10-8-20/h16-18,20-24,27H,7-15H2,1-6H3,(H,28,31). The van der Waals surface area contributed by atoms with Crippen LogP contribution in [0.1, 0.15) is 66.7 Å². The summed E-state index contributed by atoms with van der Waals surface area (Å²) in [5.41, 5.74) is 0. The van der Waals surface area contributed by atoms with E-state index >= 15 is 0 Å². The van der Waals surface area contributed by atoms with Gasteiger partial charge in [0.1, 0.15) is 5.78 Å². The second kappa shape index (κ2) is 12.6. The van der Waals surface area contributed by atoms with Crippen molar-refractivity contribution in [2.75, 3.05) is 33.2 Å². The molecule has 0 radical (unpaired) electrons. The van der Waals surface area contributed by atoms with E-state index in [1.54, 1.807) is 6.92 Å². The van der Waals surface area contributed by atoms with Crippen LogP contribution in [0.2, 0.25) is 0 Å². The van der Waals surface area contributed by atoms with Gasteiger partial charge in [-0.05, 0) is 82.8 Å². The summed E-state index contributed by atoms with van der Waals surface area (Å²) in [6, 6.07) is 0.324. The fourth-order valence-electron chi connectivity index (χ4n) is 5.86. The normalized spacial score (nSPS) is 29.7. The van der Waals surface area contributed by atoms with Crippen molar-refractivity contribution in [2.24, 2.45) is 35.5 Å². The molecule has 1 saturated heterocycles. The molecular weight excluding hydrogens is 410 g/mol. The number of hydrogen-bond acceptors (Lipinski definition) is 4. The van der Waals surface area contributed by atoms with Crippen LogP contribution in [-0.2, 0) is 9.59 Å². The summed E-state index contributed by atoms with van der Waals surface area (Å²) >= 11 is 6.65. The van der Waals surface area contributed by atoms with Crippen molar-refractivity contribution in [3.63, 3.8) is 0 Å². The summed E-state index contributed by atoms with van der Waals surface area (Å²) in [4.78, 5) is 27.9. The van der Waals surface area contributed by atoms with E-state index in [9.17, 15) is 9.59 Å². The molecule has 1 aliphatic carbocycles. The molecule has 0 spiro atoms. The molecule has 2 aliphatic rings. The van der Waals surface area contributed by atoms with Gasteiger partial charge in [-0.2, -0.15) is 0 Å². The highest BCUT2D eigenvalue weighted by molar-refractivity contribution is 6.20. The first kappa shape index (κ1) is 26.6. The molecule has 6 atom stereocenters. The number of amides is 1. The zero-order valence-electron chi connectivity index (χ0n) is 20.6. The molecule has 1 saturated carbocycles. The van der Waals surface area contributed by atoms with Crippen molar-refractivity contribution in [1.29, 1.82) is 0 Å². The number of nitrogens with zero attached hydrogens (tertiary/aromatic N) is 1. The number of halogens is 1. The molecule has 1 amide bonds. The quantitative estimate of drug-likeness (QED) is 0.490. The van der Waals surface area contributed by atoms with Crippen LogP contribution in [0.25, 0.3) is 0 Å². The topological polar surface area (TPSA) is 61.4 Å². The highest BCUT2D eigenvalue weighted by Gasteiger charge is 2.40. The van der Waals surface area contributed by atoms with Crippen molar-refractivity contribution in [3.05, 3.63) is 0 Å². The van der Waals surface area contributed by atoms with Crippen LogP contribution in [0, 0.1) is 35.5 Å². The van der Waals surface area contributed by atoms with Crippen LogP contribution in [0.15, 0.2) is 0 Å². The average molecular weight is 456 g/mol. The Kier molecular flexibility index (Phi) is 10.8. The Morgan fingerprint density at radius 3 is 2.39 bits per heavy atom. The summed E-state index contributed by atoms with van der Waals surface area (Å²) in [6.45, 7) is 14.1. The van der Waals surface area contributed by atoms with Crippen LogP contribution in [0.5, 0.6) is 0 Å². The second-order valence-electron chi connectivity index (χ2n) is 10.8. The van der Waals surface area contributed by atoms with Gasteiger partial charge in [-0.3, -0.25) is 9.59 Å². The summed E-state index contributed by atoms with van der Waals surface area (Å²) in [7, 11) is 2.20. The third-order valence-electron chi connectivity index (χ3n) is 7.70. The van der Waals surface area contributed by atoms with Gasteiger partial charge in [0.15, 0.2) is 0 Å². The number of Topliss-reactive ketones (excluding diaryl/α,β-unsaturated/α-hetero) is 1. The van der Waals surface area contributed by atoms with Gasteiger partial charge in [0, 0.05) is 36.3 Å². The van der Waals surface area contributed by atoms with Gasteiger partial charge in [0.05, 0.1) is 0 Å². The molecule has 0 aromatic carbocycles. The van der Waals surface area contributed by atoms with Gasteiger partial charge in [0.25, 0.3) is 0 Å². The van der Waals surface area contributed by atoms with Crippen LogP contribution in [0.4, 0.5) is 0 Å². The summed E-state index contributed by atoms with van der Waals surface area (Å²) in [6.07, 6.45) is 5.10. The van der Waals surface area contributed by atoms with Crippen molar-refractivity contribution in [3.8, 4) is 0 Å². The summed E-state index contributed by atoms with van der Waals surface area (Å²) in [5.74, 6) is 1.82. The second-order valence-corrected chi connectivity index (χ2v) is 11.4. The molecule has 2 fully saturated rings. The Hall–Kier alpha value is -0.650. The number of alkyl halides is 1. The number of ketones is 1. The fourth-order valence-corrected chi connectivity index (χ4v) is 6.23. The molecule has 5 nitrogen and oxygen atoms in total. The first-order chi connectivity index (χ1) is 14.6. The van der Waals surface area contributed by atoms with E-state index in [0.717, 1.165) is 44.8 Å². The lowest BCUT2D eigenvalue weighted by molar-refractivity contribution is -0.129. The van der Waals surface area contributed by atoms with E-state index in [1.165, 1.54) is 12.8 Å². The minimum Gasteiger partial charge on any atom is -0.355 e. The molecule has 0 aromatic heterocycles. The molecular formula is C25H46ClN3O2. The third kappa shape index (κ3) is 8.01. The van der Waals surface area contributed by atoms with Crippen LogP contribution in [-0.4, -0.2) is 61.2 Å². The number of nitrogens with one attached hydrogen (secondary N) is 2. The molecule has 31 heavy (non-hydrogen) atoms. The maximum absolute atomic E-state index is 13.2. The molecule has 2 N–H and O–H groups in total. The fraction of sp³-hybridized carbons (Fsp3) is 0.920. The minimum absolute atomic E-state index is 0.0240. The monoisotopic (exact) mass is 455 g/mol. The first-order valence-corrected chi connectivity index (χ1v) is 12.9. The Labute approximate surface area is 195 Å². The molecule has 2 rings (SSSR count). The van der Waals surface area contributed by atoms with E-state index in [4.69, 9.17) is 11.6 Å².